The van der Waals surface area contributed by atoms with Crippen molar-refractivity contribution in [3.63, 3.8) is 0 Å². The molecule has 0 aliphatic carbocycles. The van der Waals surface area contributed by atoms with Gasteiger partial charge in [0.05, 0.1) is 6.54 Å². The number of halogens is 1. The van der Waals surface area contributed by atoms with Crippen molar-refractivity contribution < 1.29 is 28.6 Å². The summed E-state index contributed by atoms with van der Waals surface area (Å²) in [5.74, 6) is -0.702. The van der Waals surface area contributed by atoms with E-state index >= 15 is 0 Å². The molecule has 0 saturated heterocycles. The van der Waals surface area contributed by atoms with Gasteiger partial charge < -0.3 is 24.8 Å². The fourth-order valence-electron chi connectivity index (χ4n) is 3.59. The van der Waals surface area contributed by atoms with Gasteiger partial charge >= 0.3 is 12.0 Å². The summed E-state index contributed by atoms with van der Waals surface area (Å²) in [6.07, 6.45) is 4.82. The van der Waals surface area contributed by atoms with Gasteiger partial charge in [-0.05, 0) is 55.3 Å². The number of ether oxygens (including phenoxy) is 2. The zero-order chi connectivity index (χ0) is 25.5. The molecule has 2 rings (SSSR count). The lowest BCUT2D eigenvalue weighted by Gasteiger charge is -2.23. The van der Waals surface area contributed by atoms with Gasteiger partial charge in [-0.1, -0.05) is 44.7 Å². The van der Waals surface area contributed by atoms with Crippen molar-refractivity contribution in [2.24, 2.45) is 0 Å². The molecule has 8 heteroatoms. The van der Waals surface area contributed by atoms with Gasteiger partial charge in [-0.3, -0.25) is 0 Å². The fraction of sp³-hybridized carbons (Fsp3) is 0.481. The highest BCUT2D eigenvalue weighted by atomic mass is 19.1. The molecule has 2 aromatic rings. The quantitative estimate of drug-likeness (QED) is 0.294. The maximum Gasteiger partial charge on any atom is 0.333 e. The number of urea groups is 1. The topological polar surface area (TPSA) is 88.1 Å². The van der Waals surface area contributed by atoms with Gasteiger partial charge in [0.25, 0.3) is 0 Å². The first-order chi connectivity index (χ1) is 16.9. The Morgan fingerprint density at radius 3 is 2.29 bits per heavy atom. The van der Waals surface area contributed by atoms with E-state index in [2.05, 4.69) is 12.2 Å². The van der Waals surface area contributed by atoms with Gasteiger partial charge in [0.15, 0.2) is 6.10 Å². The van der Waals surface area contributed by atoms with Crippen LogP contribution in [-0.4, -0.2) is 54.4 Å². The van der Waals surface area contributed by atoms with Crippen molar-refractivity contribution in [1.82, 2.24) is 4.90 Å². The zero-order valence-corrected chi connectivity index (χ0v) is 20.7. The Kier molecular flexibility index (Phi) is 12.6. The Morgan fingerprint density at radius 2 is 1.66 bits per heavy atom. The number of carboxylic acid groups (broad SMARTS) is 1. The lowest BCUT2D eigenvalue weighted by atomic mass is 10.1. The molecule has 2 N–H and O–H groups in total. The largest absolute Gasteiger partial charge is 0.492 e. The lowest BCUT2D eigenvalue weighted by Crippen LogP contribution is -2.38. The van der Waals surface area contributed by atoms with Crippen molar-refractivity contribution in [2.75, 3.05) is 31.6 Å². The molecule has 7 nitrogen and oxygen atoms in total. The molecule has 1 unspecified atom stereocenters. The average Bonchev–Trinajstić information content (AvgIpc) is 2.84. The number of unbranched alkanes of at least 4 members (excludes halogenated alkanes) is 4. The van der Waals surface area contributed by atoms with Crippen LogP contribution in [0.25, 0.3) is 0 Å². The first-order valence-corrected chi connectivity index (χ1v) is 12.3. The van der Waals surface area contributed by atoms with Crippen molar-refractivity contribution in [3.05, 3.63) is 59.9 Å². The number of carbonyl (C=O) groups is 2. The third kappa shape index (κ3) is 10.8. The molecule has 0 heterocycles. The third-order valence-electron chi connectivity index (χ3n) is 5.53. The van der Waals surface area contributed by atoms with Gasteiger partial charge in [-0.2, -0.15) is 0 Å². The van der Waals surface area contributed by atoms with Gasteiger partial charge in [0, 0.05) is 25.3 Å². The van der Waals surface area contributed by atoms with Crippen LogP contribution in [0.15, 0.2) is 48.5 Å². The van der Waals surface area contributed by atoms with E-state index in [1.54, 1.807) is 24.0 Å². The molecule has 0 spiro atoms. The van der Waals surface area contributed by atoms with Crippen molar-refractivity contribution >= 4 is 17.7 Å². The Bertz CT molecular complexity index is 889. The molecule has 2 amide bonds. The lowest BCUT2D eigenvalue weighted by molar-refractivity contribution is -0.149. The van der Waals surface area contributed by atoms with Gasteiger partial charge in [0.2, 0.25) is 0 Å². The van der Waals surface area contributed by atoms with Crippen LogP contribution in [0, 0.1) is 5.82 Å². The maximum absolute atomic E-state index is 13.2. The van der Waals surface area contributed by atoms with Crippen LogP contribution in [-0.2, 0) is 16.0 Å². The monoisotopic (exact) mass is 488 g/mol. The minimum atomic E-state index is -0.985. The first-order valence-electron chi connectivity index (χ1n) is 12.3. The van der Waals surface area contributed by atoms with Crippen LogP contribution in [0.2, 0.25) is 0 Å². The molecule has 192 valence electrons. The van der Waals surface area contributed by atoms with Gasteiger partial charge in [0.1, 0.15) is 18.2 Å². The minimum Gasteiger partial charge on any atom is -0.492 e. The van der Waals surface area contributed by atoms with Crippen molar-refractivity contribution in [2.45, 2.75) is 58.5 Å². The summed E-state index contributed by atoms with van der Waals surface area (Å²) >= 11 is 0. The standard InChI is InChI=1S/C27H37FN2O5/c1-3-5-6-7-8-17-30(27(33)29-23-13-11-22(28)12-14-23)18-19-35-24-15-9-21(10-16-24)20-25(26(31)32)34-4-2/h9-16,25H,3-8,17-20H2,1-2H3,(H,29,33)(H,31,32). The summed E-state index contributed by atoms with van der Waals surface area (Å²) in [7, 11) is 0. The van der Waals surface area contributed by atoms with E-state index in [-0.39, 0.29) is 18.3 Å². The van der Waals surface area contributed by atoms with Gasteiger partial charge in [-0.25, -0.2) is 14.0 Å². The molecule has 0 radical (unpaired) electrons. The summed E-state index contributed by atoms with van der Waals surface area (Å²) < 4.78 is 24.3. The molecule has 2 aromatic carbocycles. The number of nitrogens with zero attached hydrogens (tertiary/aromatic N) is 1. The van der Waals surface area contributed by atoms with Crippen LogP contribution in [0.5, 0.6) is 5.75 Å². The normalized spacial score (nSPS) is 11.6. The summed E-state index contributed by atoms with van der Waals surface area (Å²) in [4.78, 5) is 25.8. The molecular formula is C27H37FN2O5. The summed E-state index contributed by atoms with van der Waals surface area (Å²) in [5.41, 5.74) is 1.38. The molecule has 0 fully saturated rings. The fourth-order valence-corrected chi connectivity index (χ4v) is 3.59. The Labute approximate surface area is 207 Å². The number of anilines is 1. The number of hydrogen-bond acceptors (Lipinski definition) is 4. The number of benzene rings is 2. The first kappa shape index (κ1) is 28.1. The number of aliphatic carboxylic acids is 1. The summed E-state index contributed by atoms with van der Waals surface area (Å²) in [6, 6.07) is 12.6. The van der Waals surface area contributed by atoms with E-state index in [9.17, 15) is 19.1 Å². The van der Waals surface area contributed by atoms with E-state index in [0.717, 1.165) is 31.2 Å². The second-order valence-corrected chi connectivity index (χ2v) is 8.32. The third-order valence-corrected chi connectivity index (χ3v) is 5.53. The molecule has 0 aliphatic rings. The van der Waals surface area contributed by atoms with E-state index < -0.39 is 12.1 Å². The SMILES string of the molecule is CCCCCCCN(CCOc1ccc(CC(OCC)C(=O)O)cc1)C(=O)Nc1ccc(F)cc1. The summed E-state index contributed by atoms with van der Waals surface area (Å²) in [6.45, 7) is 5.57. The zero-order valence-electron chi connectivity index (χ0n) is 20.7. The van der Waals surface area contributed by atoms with Crippen molar-refractivity contribution in [1.29, 1.82) is 0 Å². The van der Waals surface area contributed by atoms with Crippen LogP contribution in [0.1, 0.15) is 51.5 Å². The Hall–Kier alpha value is -3.13. The van der Waals surface area contributed by atoms with Crippen LogP contribution in [0.3, 0.4) is 0 Å². The maximum atomic E-state index is 13.2. The molecule has 0 aliphatic heterocycles. The number of amides is 2. The molecular weight excluding hydrogens is 451 g/mol. The molecule has 35 heavy (non-hydrogen) atoms. The predicted octanol–water partition coefficient (Wildman–Crippen LogP) is 5.74. The number of nitrogens with one attached hydrogen (secondary N) is 1. The van der Waals surface area contributed by atoms with Crippen LogP contribution >= 0.6 is 0 Å². The minimum absolute atomic E-state index is 0.248. The van der Waals surface area contributed by atoms with Crippen LogP contribution < -0.4 is 10.1 Å². The van der Waals surface area contributed by atoms with Gasteiger partial charge in [-0.15, -0.1) is 0 Å². The predicted molar refractivity (Wildman–Crippen MR) is 134 cm³/mol. The van der Waals surface area contributed by atoms with E-state index in [1.807, 2.05) is 12.1 Å². The smallest absolute Gasteiger partial charge is 0.333 e. The molecule has 0 saturated carbocycles. The number of hydrogen-bond donors (Lipinski definition) is 2. The molecule has 0 bridgehead atoms. The second kappa shape index (κ2) is 15.7. The highest BCUT2D eigenvalue weighted by Crippen LogP contribution is 2.15. The Balaban J connectivity index is 1.89. The van der Waals surface area contributed by atoms with Crippen molar-refractivity contribution in [3.8, 4) is 5.75 Å². The van der Waals surface area contributed by atoms with E-state index in [4.69, 9.17) is 9.47 Å². The Morgan fingerprint density at radius 1 is 0.971 bits per heavy atom. The average molecular weight is 489 g/mol. The second-order valence-electron chi connectivity index (χ2n) is 8.32. The number of carboxylic acids is 1. The number of carbonyl (C=O) groups excluding carboxylic acids is 1. The van der Waals surface area contributed by atoms with E-state index in [0.29, 0.717) is 37.7 Å². The highest BCUT2D eigenvalue weighted by molar-refractivity contribution is 5.89. The highest BCUT2D eigenvalue weighted by Gasteiger charge is 2.18. The molecule has 0 aromatic heterocycles. The van der Waals surface area contributed by atoms with E-state index in [1.165, 1.54) is 30.7 Å². The summed E-state index contributed by atoms with van der Waals surface area (Å²) in [5, 5.41) is 12.1. The van der Waals surface area contributed by atoms with Crippen LogP contribution in [0.4, 0.5) is 14.9 Å². The number of rotatable bonds is 16. The molecule has 1 atom stereocenters.